The number of carboxylic acid groups (broad SMARTS) is 1. The van der Waals surface area contributed by atoms with Crippen molar-refractivity contribution in [2.45, 2.75) is 19.8 Å². The number of nitrogen functional groups attached to an aromatic ring is 1. The zero-order valence-corrected chi connectivity index (χ0v) is 9.23. The van der Waals surface area contributed by atoms with Gasteiger partial charge in [0.2, 0.25) is 0 Å². The van der Waals surface area contributed by atoms with E-state index in [0.29, 0.717) is 6.42 Å². The summed E-state index contributed by atoms with van der Waals surface area (Å²) < 4.78 is 0. The van der Waals surface area contributed by atoms with Crippen LogP contribution in [0.1, 0.15) is 19.8 Å². The molecule has 0 fully saturated rings. The molecular formula is C12H16N2O2. The molecule has 2 aromatic rings. The van der Waals surface area contributed by atoms with Crippen LogP contribution in [0.3, 0.4) is 0 Å². The van der Waals surface area contributed by atoms with Crippen molar-refractivity contribution in [2.24, 2.45) is 0 Å². The summed E-state index contributed by atoms with van der Waals surface area (Å²) in [6.07, 6.45) is 1.02. The zero-order chi connectivity index (χ0) is 12.0. The maximum absolute atomic E-state index is 9.60. The molecule has 0 saturated heterocycles. The number of aliphatic carboxylic acids is 1. The summed E-state index contributed by atoms with van der Waals surface area (Å²) in [6.45, 7) is 1.84. The molecule has 1 heterocycles. The minimum absolute atomic E-state index is 0.292. The fourth-order valence-electron chi connectivity index (χ4n) is 1.31. The third-order valence-electron chi connectivity index (χ3n) is 2.01. The van der Waals surface area contributed by atoms with Crippen LogP contribution in [0.2, 0.25) is 0 Å². The summed E-state index contributed by atoms with van der Waals surface area (Å²) in [6, 6.07) is 9.94. The van der Waals surface area contributed by atoms with E-state index in [1.165, 1.54) is 5.39 Å². The van der Waals surface area contributed by atoms with Crippen molar-refractivity contribution in [1.82, 2.24) is 4.98 Å². The number of H-pyrrole nitrogens is 1. The molecule has 0 radical (unpaired) electrons. The Balaban J connectivity index is 0.000000187. The number of aromatic amines is 1. The largest absolute Gasteiger partial charge is 0.481 e. The van der Waals surface area contributed by atoms with E-state index in [-0.39, 0.29) is 0 Å². The molecule has 0 amide bonds. The number of nitrogens with one attached hydrogen (secondary N) is 1. The summed E-state index contributed by atoms with van der Waals surface area (Å²) in [5.74, 6) is 0.0127. The quantitative estimate of drug-likeness (QED) is 0.727. The standard InChI is InChI=1S/C8H8N2.C4H8O2/c9-8-5-6-3-1-2-4-7(6)10-8;1-2-3-4(5)6/h1-5,10H,9H2;2-3H2,1H3,(H,5,6). The number of hydrogen-bond donors (Lipinski definition) is 3. The maximum Gasteiger partial charge on any atom is 0.303 e. The molecule has 1 aromatic heterocycles. The van der Waals surface area contributed by atoms with Gasteiger partial charge in [-0.15, -0.1) is 0 Å². The fourth-order valence-corrected chi connectivity index (χ4v) is 1.31. The minimum Gasteiger partial charge on any atom is -0.481 e. The molecule has 4 heteroatoms. The maximum atomic E-state index is 9.60. The smallest absolute Gasteiger partial charge is 0.303 e. The number of benzene rings is 1. The van der Waals surface area contributed by atoms with Crippen LogP contribution in [-0.2, 0) is 4.79 Å². The molecule has 0 spiro atoms. The summed E-state index contributed by atoms with van der Waals surface area (Å²) in [4.78, 5) is 12.6. The number of nitrogens with two attached hydrogens (primary N) is 1. The Labute approximate surface area is 94.1 Å². The summed E-state index contributed by atoms with van der Waals surface area (Å²) in [7, 11) is 0. The zero-order valence-electron chi connectivity index (χ0n) is 9.23. The van der Waals surface area contributed by atoms with Gasteiger partial charge in [0.25, 0.3) is 0 Å². The SMILES string of the molecule is CCCC(=O)O.Nc1cc2ccccc2[nH]1. The van der Waals surface area contributed by atoms with Crippen molar-refractivity contribution >= 4 is 22.7 Å². The van der Waals surface area contributed by atoms with Crippen LogP contribution in [0.15, 0.2) is 30.3 Å². The molecule has 0 aliphatic heterocycles. The molecule has 2 rings (SSSR count). The second-order valence-electron chi connectivity index (χ2n) is 3.46. The van der Waals surface area contributed by atoms with Crippen molar-refractivity contribution in [3.63, 3.8) is 0 Å². The topological polar surface area (TPSA) is 79.1 Å². The van der Waals surface area contributed by atoms with Crippen LogP contribution in [0.25, 0.3) is 10.9 Å². The first-order valence-corrected chi connectivity index (χ1v) is 5.18. The lowest BCUT2D eigenvalue weighted by molar-refractivity contribution is -0.137. The van der Waals surface area contributed by atoms with E-state index in [4.69, 9.17) is 10.8 Å². The third-order valence-corrected chi connectivity index (χ3v) is 2.01. The molecule has 4 N–H and O–H groups in total. The van der Waals surface area contributed by atoms with Gasteiger partial charge in [-0.05, 0) is 18.6 Å². The van der Waals surface area contributed by atoms with Crippen molar-refractivity contribution in [1.29, 1.82) is 0 Å². The Morgan fingerprint density at radius 2 is 2.12 bits per heavy atom. The first kappa shape index (κ1) is 12.1. The second-order valence-corrected chi connectivity index (χ2v) is 3.46. The van der Waals surface area contributed by atoms with E-state index in [1.54, 1.807) is 0 Å². The predicted octanol–water partition coefficient (Wildman–Crippen LogP) is 2.62. The molecule has 4 nitrogen and oxygen atoms in total. The Morgan fingerprint density at radius 3 is 2.62 bits per heavy atom. The first-order chi connectivity index (χ1) is 7.63. The van der Waals surface area contributed by atoms with Crippen molar-refractivity contribution in [3.05, 3.63) is 30.3 Å². The van der Waals surface area contributed by atoms with Crippen molar-refractivity contribution in [3.8, 4) is 0 Å². The molecule has 0 atom stereocenters. The van der Waals surface area contributed by atoms with Gasteiger partial charge in [-0.2, -0.15) is 0 Å². The van der Waals surface area contributed by atoms with Gasteiger partial charge in [0.05, 0.1) is 0 Å². The molecule has 0 aliphatic rings. The van der Waals surface area contributed by atoms with Crippen LogP contribution >= 0.6 is 0 Å². The van der Waals surface area contributed by atoms with Crippen molar-refractivity contribution < 1.29 is 9.90 Å². The van der Waals surface area contributed by atoms with Gasteiger partial charge in [-0.3, -0.25) is 4.79 Å². The molecule has 86 valence electrons. The summed E-state index contributed by atoms with van der Waals surface area (Å²) >= 11 is 0. The lowest BCUT2D eigenvalue weighted by Gasteiger charge is -1.83. The number of hydrogen-bond acceptors (Lipinski definition) is 2. The molecule has 1 aromatic carbocycles. The normalized spacial score (nSPS) is 9.56. The number of carbonyl (C=O) groups is 1. The number of carboxylic acids is 1. The number of anilines is 1. The average molecular weight is 220 g/mol. The highest BCUT2D eigenvalue weighted by Gasteiger charge is 1.92. The van der Waals surface area contributed by atoms with Crippen LogP contribution < -0.4 is 5.73 Å². The number of rotatable bonds is 2. The molecule has 0 unspecified atom stereocenters. The highest BCUT2D eigenvalue weighted by Crippen LogP contribution is 2.14. The molecule has 0 aliphatic carbocycles. The monoisotopic (exact) mass is 220 g/mol. The third kappa shape index (κ3) is 3.65. The summed E-state index contributed by atoms with van der Waals surface area (Å²) in [5.41, 5.74) is 6.63. The van der Waals surface area contributed by atoms with E-state index in [0.717, 1.165) is 17.8 Å². The average Bonchev–Trinajstić information content (AvgIpc) is 2.58. The van der Waals surface area contributed by atoms with E-state index in [2.05, 4.69) is 4.98 Å². The Morgan fingerprint density at radius 1 is 1.44 bits per heavy atom. The Bertz CT molecular complexity index is 430. The molecule has 16 heavy (non-hydrogen) atoms. The van der Waals surface area contributed by atoms with E-state index >= 15 is 0 Å². The van der Waals surface area contributed by atoms with Crippen LogP contribution in [0.4, 0.5) is 5.82 Å². The van der Waals surface area contributed by atoms with Crippen LogP contribution in [0, 0.1) is 0 Å². The van der Waals surface area contributed by atoms with Gasteiger partial charge < -0.3 is 15.8 Å². The van der Waals surface area contributed by atoms with Gasteiger partial charge >= 0.3 is 5.97 Å². The van der Waals surface area contributed by atoms with Gasteiger partial charge in [0.15, 0.2) is 0 Å². The highest BCUT2D eigenvalue weighted by molar-refractivity contribution is 5.82. The summed E-state index contributed by atoms with van der Waals surface area (Å²) in [5, 5.41) is 9.08. The lowest BCUT2D eigenvalue weighted by atomic mass is 10.3. The number of aromatic nitrogens is 1. The van der Waals surface area contributed by atoms with E-state index in [9.17, 15) is 4.79 Å². The van der Waals surface area contributed by atoms with E-state index in [1.807, 2.05) is 37.3 Å². The fraction of sp³-hybridized carbons (Fsp3) is 0.250. The number of fused-ring (bicyclic) bond motifs is 1. The van der Waals surface area contributed by atoms with Gasteiger partial charge in [-0.1, -0.05) is 25.1 Å². The lowest BCUT2D eigenvalue weighted by Crippen LogP contribution is -1.90. The Hall–Kier alpha value is -1.97. The number of para-hydroxylation sites is 1. The first-order valence-electron chi connectivity index (χ1n) is 5.18. The molecule has 0 bridgehead atoms. The minimum atomic E-state index is -0.711. The van der Waals surface area contributed by atoms with Gasteiger partial charge in [0.1, 0.15) is 5.82 Å². The molecule has 0 saturated carbocycles. The van der Waals surface area contributed by atoms with Crippen molar-refractivity contribution in [2.75, 3.05) is 5.73 Å². The Kier molecular flexibility index (Phi) is 4.39. The van der Waals surface area contributed by atoms with Gasteiger partial charge in [0, 0.05) is 17.3 Å². The van der Waals surface area contributed by atoms with E-state index < -0.39 is 5.97 Å². The van der Waals surface area contributed by atoms with Crippen LogP contribution in [-0.4, -0.2) is 16.1 Å². The predicted molar refractivity (Wildman–Crippen MR) is 65.3 cm³/mol. The molecular weight excluding hydrogens is 204 g/mol. The second kappa shape index (κ2) is 5.80. The van der Waals surface area contributed by atoms with Crippen LogP contribution in [0.5, 0.6) is 0 Å². The van der Waals surface area contributed by atoms with Gasteiger partial charge in [-0.25, -0.2) is 0 Å². The highest BCUT2D eigenvalue weighted by atomic mass is 16.4.